The first kappa shape index (κ1) is 8.05. The number of ether oxygens (including phenoxy) is 1. The lowest BCUT2D eigenvalue weighted by atomic mass is 10.2. The quantitative estimate of drug-likeness (QED) is 0.686. The van der Waals surface area contributed by atoms with E-state index >= 15 is 0 Å². The molecule has 0 saturated heterocycles. The summed E-state index contributed by atoms with van der Waals surface area (Å²) in [6.07, 6.45) is 11.8. The summed E-state index contributed by atoms with van der Waals surface area (Å²) in [5.41, 5.74) is 0. The largest absolute Gasteiger partial charge is 0.456 e. The van der Waals surface area contributed by atoms with Gasteiger partial charge in [0.2, 0.25) is 0 Å². The van der Waals surface area contributed by atoms with E-state index in [4.69, 9.17) is 4.74 Å². The highest BCUT2D eigenvalue weighted by atomic mass is 16.5. The minimum Gasteiger partial charge on any atom is -0.456 e. The van der Waals surface area contributed by atoms with Gasteiger partial charge in [-0.15, -0.1) is 0 Å². The van der Waals surface area contributed by atoms with Crippen LogP contribution in [-0.2, 0) is 0 Å². The second kappa shape index (κ2) is 3.90. The van der Waals surface area contributed by atoms with Gasteiger partial charge in [-0.25, -0.2) is 0 Å². The molecule has 13 heavy (non-hydrogen) atoms. The maximum Gasteiger partial charge on any atom is 0.145 e. The van der Waals surface area contributed by atoms with E-state index in [0.717, 1.165) is 24.4 Å². The highest BCUT2D eigenvalue weighted by Crippen LogP contribution is 2.15. The van der Waals surface area contributed by atoms with Crippen molar-refractivity contribution in [2.45, 2.75) is 12.8 Å². The predicted octanol–water partition coefficient (Wildman–Crippen LogP) is 2.69. The fourth-order valence-corrected chi connectivity index (χ4v) is 1.21. The summed E-state index contributed by atoms with van der Waals surface area (Å²) in [7, 11) is 0. The van der Waals surface area contributed by atoms with Crippen molar-refractivity contribution < 1.29 is 4.74 Å². The van der Waals surface area contributed by atoms with Crippen LogP contribution >= 0.6 is 0 Å². The number of rotatable bonds is 2. The highest BCUT2D eigenvalue weighted by Gasteiger charge is 1.99. The van der Waals surface area contributed by atoms with Crippen molar-refractivity contribution in [3.63, 3.8) is 0 Å². The third-order valence-electron chi connectivity index (χ3n) is 1.83. The predicted molar refractivity (Wildman–Crippen MR) is 51.3 cm³/mol. The topological polar surface area (TPSA) is 22.1 Å². The first-order valence-electron chi connectivity index (χ1n) is 4.40. The lowest BCUT2D eigenvalue weighted by Gasteiger charge is -2.08. The van der Waals surface area contributed by atoms with Crippen LogP contribution in [0.5, 0.6) is 5.75 Å². The Morgan fingerprint density at radius 1 is 1.31 bits per heavy atom. The summed E-state index contributed by atoms with van der Waals surface area (Å²) in [4.78, 5) is 3.97. The second-order valence-electron chi connectivity index (χ2n) is 2.88. The zero-order valence-electron chi connectivity index (χ0n) is 7.31. The molecule has 2 nitrogen and oxygen atoms in total. The van der Waals surface area contributed by atoms with Gasteiger partial charge in [-0.3, -0.25) is 4.98 Å². The molecule has 0 aliphatic heterocycles. The van der Waals surface area contributed by atoms with Crippen LogP contribution in [0.15, 0.2) is 48.5 Å². The molecule has 0 fully saturated rings. The van der Waals surface area contributed by atoms with Gasteiger partial charge in [0.25, 0.3) is 0 Å². The van der Waals surface area contributed by atoms with E-state index in [9.17, 15) is 0 Å². The third kappa shape index (κ3) is 2.18. The lowest BCUT2D eigenvalue weighted by molar-refractivity contribution is 0.437. The van der Waals surface area contributed by atoms with Gasteiger partial charge >= 0.3 is 0 Å². The van der Waals surface area contributed by atoms with E-state index in [1.165, 1.54) is 0 Å². The van der Waals surface area contributed by atoms with E-state index in [1.807, 2.05) is 18.2 Å². The van der Waals surface area contributed by atoms with Crippen molar-refractivity contribution in [3.8, 4) is 5.75 Å². The van der Waals surface area contributed by atoms with Crippen molar-refractivity contribution in [3.05, 3.63) is 48.5 Å². The Morgan fingerprint density at radius 3 is 3.00 bits per heavy atom. The Labute approximate surface area is 77.6 Å². The molecule has 1 aliphatic rings. The zero-order chi connectivity index (χ0) is 8.93. The molecule has 1 aliphatic carbocycles. The van der Waals surface area contributed by atoms with Crippen LogP contribution in [0.2, 0.25) is 0 Å². The van der Waals surface area contributed by atoms with Crippen LogP contribution in [0, 0.1) is 0 Å². The van der Waals surface area contributed by atoms with Crippen LogP contribution in [0.3, 0.4) is 0 Å². The van der Waals surface area contributed by atoms with Gasteiger partial charge in [0.1, 0.15) is 11.5 Å². The first-order valence-corrected chi connectivity index (χ1v) is 4.40. The average molecular weight is 173 g/mol. The SMILES string of the molecule is C1=CC(Oc2cccnc2)=CCC1. The smallest absolute Gasteiger partial charge is 0.145 e. The molecule has 2 rings (SSSR count). The van der Waals surface area contributed by atoms with Crippen LogP contribution in [0.1, 0.15) is 12.8 Å². The Morgan fingerprint density at radius 2 is 2.31 bits per heavy atom. The fourth-order valence-electron chi connectivity index (χ4n) is 1.21. The van der Waals surface area contributed by atoms with E-state index in [2.05, 4.69) is 17.1 Å². The van der Waals surface area contributed by atoms with Gasteiger partial charge < -0.3 is 4.74 Å². The molecule has 0 unspecified atom stereocenters. The molecule has 2 heteroatoms. The van der Waals surface area contributed by atoms with E-state index in [1.54, 1.807) is 12.4 Å². The van der Waals surface area contributed by atoms with Crippen molar-refractivity contribution >= 4 is 0 Å². The molecule has 0 amide bonds. The maximum absolute atomic E-state index is 5.57. The third-order valence-corrected chi connectivity index (χ3v) is 1.83. The molecule has 66 valence electrons. The Bertz CT molecular complexity index is 327. The van der Waals surface area contributed by atoms with Crippen LogP contribution < -0.4 is 4.74 Å². The number of hydrogen-bond acceptors (Lipinski definition) is 2. The van der Waals surface area contributed by atoms with Crippen molar-refractivity contribution in [1.82, 2.24) is 4.98 Å². The number of hydrogen-bond donors (Lipinski definition) is 0. The van der Waals surface area contributed by atoms with Gasteiger partial charge in [0.15, 0.2) is 0 Å². The molecular weight excluding hydrogens is 162 g/mol. The van der Waals surface area contributed by atoms with Crippen LogP contribution in [0.4, 0.5) is 0 Å². The molecule has 0 aromatic carbocycles. The highest BCUT2D eigenvalue weighted by molar-refractivity contribution is 5.24. The molecule has 0 N–H and O–H groups in total. The van der Waals surface area contributed by atoms with Gasteiger partial charge in [0, 0.05) is 6.20 Å². The Hall–Kier alpha value is -1.57. The van der Waals surface area contributed by atoms with E-state index in [0.29, 0.717) is 0 Å². The first-order chi connectivity index (χ1) is 6.45. The zero-order valence-corrected chi connectivity index (χ0v) is 7.31. The van der Waals surface area contributed by atoms with Gasteiger partial charge in [-0.2, -0.15) is 0 Å². The van der Waals surface area contributed by atoms with Gasteiger partial charge in [-0.1, -0.05) is 6.08 Å². The Kier molecular flexibility index (Phi) is 2.41. The second-order valence-corrected chi connectivity index (χ2v) is 2.88. The van der Waals surface area contributed by atoms with Crippen LogP contribution in [-0.4, -0.2) is 4.98 Å². The Balaban J connectivity index is 2.06. The number of allylic oxidation sites excluding steroid dienone is 3. The number of pyridine rings is 1. The maximum atomic E-state index is 5.57. The minimum absolute atomic E-state index is 0.792. The van der Waals surface area contributed by atoms with Crippen molar-refractivity contribution in [2.24, 2.45) is 0 Å². The summed E-state index contributed by atoms with van der Waals surface area (Å²) in [6, 6.07) is 3.76. The summed E-state index contributed by atoms with van der Waals surface area (Å²) in [6.45, 7) is 0. The number of aromatic nitrogens is 1. The molecule has 0 radical (unpaired) electrons. The number of nitrogens with zero attached hydrogens (tertiary/aromatic N) is 1. The minimum atomic E-state index is 0.792. The molecule has 1 aromatic rings. The molecule has 0 bridgehead atoms. The average Bonchev–Trinajstić information content (AvgIpc) is 2.21. The normalized spacial score (nSPS) is 15.2. The van der Waals surface area contributed by atoms with Gasteiger partial charge in [-0.05, 0) is 37.1 Å². The molecule has 0 saturated carbocycles. The summed E-state index contributed by atoms with van der Waals surface area (Å²) in [5, 5.41) is 0. The molecule has 1 heterocycles. The molecule has 1 aromatic heterocycles. The molecule has 0 atom stereocenters. The van der Waals surface area contributed by atoms with E-state index < -0.39 is 0 Å². The van der Waals surface area contributed by atoms with E-state index in [-0.39, 0.29) is 0 Å². The summed E-state index contributed by atoms with van der Waals surface area (Å²) < 4.78 is 5.57. The summed E-state index contributed by atoms with van der Waals surface area (Å²) in [5.74, 6) is 1.71. The molecular formula is C11H11NO. The fraction of sp³-hybridized carbons (Fsp3) is 0.182. The standard InChI is InChI=1S/C11H11NO/c1-2-5-10(6-3-1)13-11-7-4-8-12-9-11/h2,4-9H,1,3H2. The monoisotopic (exact) mass is 173 g/mol. The lowest BCUT2D eigenvalue weighted by Crippen LogP contribution is -1.95. The van der Waals surface area contributed by atoms with Crippen molar-refractivity contribution in [1.29, 1.82) is 0 Å². The van der Waals surface area contributed by atoms with Gasteiger partial charge in [0.05, 0.1) is 6.20 Å². The molecule has 0 spiro atoms. The summed E-state index contributed by atoms with van der Waals surface area (Å²) >= 11 is 0. The van der Waals surface area contributed by atoms with Crippen LogP contribution in [0.25, 0.3) is 0 Å². The van der Waals surface area contributed by atoms with Crippen molar-refractivity contribution in [2.75, 3.05) is 0 Å².